The molecule has 0 aromatic heterocycles. The van der Waals surface area contributed by atoms with Crippen molar-refractivity contribution in [3.05, 3.63) is 12.2 Å². The zero-order valence-corrected chi connectivity index (χ0v) is 12.7. The number of carboxylic acid groups (broad SMARTS) is 1. The van der Waals surface area contributed by atoms with Crippen molar-refractivity contribution in [1.82, 2.24) is 15.5 Å². The summed E-state index contributed by atoms with van der Waals surface area (Å²) in [6, 6.07) is 0. The molecule has 0 fully saturated rings. The molecule has 1 rings (SSSR count). The van der Waals surface area contributed by atoms with Crippen molar-refractivity contribution < 1.29 is 29.4 Å². The third kappa shape index (κ3) is 7.41. The van der Waals surface area contributed by atoms with Crippen LogP contribution in [0, 0.1) is 0 Å². The van der Waals surface area contributed by atoms with Crippen LogP contribution in [0.5, 0.6) is 0 Å². The molecule has 0 spiro atoms. The normalized spacial score (nSPS) is 16.5. The van der Waals surface area contributed by atoms with Gasteiger partial charge in [-0.15, -0.1) is 0 Å². The predicted octanol–water partition coefficient (Wildman–Crippen LogP) is -1.42. The van der Waals surface area contributed by atoms with Gasteiger partial charge in [0.25, 0.3) is 0 Å². The molecular formula is C14H21N3O6. The van der Waals surface area contributed by atoms with Gasteiger partial charge in [-0.2, -0.15) is 0 Å². The van der Waals surface area contributed by atoms with E-state index in [9.17, 15) is 24.3 Å². The first-order chi connectivity index (χ1) is 10.9. The second-order valence-corrected chi connectivity index (χ2v) is 5.06. The average molecular weight is 327 g/mol. The predicted molar refractivity (Wildman–Crippen MR) is 79.0 cm³/mol. The molecular weight excluding hydrogens is 306 g/mol. The summed E-state index contributed by atoms with van der Waals surface area (Å²) in [4.78, 5) is 45.6. The van der Waals surface area contributed by atoms with Crippen molar-refractivity contribution in [3.8, 4) is 0 Å². The molecule has 23 heavy (non-hydrogen) atoms. The number of unbranched alkanes of at least 4 members (excludes halogenated alkanes) is 2. The second kappa shape index (κ2) is 9.57. The summed E-state index contributed by atoms with van der Waals surface area (Å²) in [5.41, 5.74) is 0. The van der Waals surface area contributed by atoms with Gasteiger partial charge in [0.15, 0.2) is 0 Å². The molecule has 1 unspecified atom stereocenters. The van der Waals surface area contributed by atoms with Crippen molar-refractivity contribution in [1.29, 1.82) is 0 Å². The van der Waals surface area contributed by atoms with Crippen LogP contribution in [0.1, 0.15) is 25.7 Å². The van der Waals surface area contributed by atoms with Crippen molar-refractivity contribution in [2.45, 2.75) is 31.9 Å². The Hall–Kier alpha value is -2.42. The fraction of sp³-hybridized carbons (Fsp3) is 0.571. The lowest BCUT2D eigenvalue weighted by molar-refractivity contribution is -0.137. The van der Waals surface area contributed by atoms with Gasteiger partial charge in [0.1, 0.15) is 12.8 Å². The fourth-order valence-electron chi connectivity index (χ4n) is 1.99. The number of aliphatic hydroxyl groups excluding tert-OH is 1. The van der Waals surface area contributed by atoms with Crippen LogP contribution in [0.2, 0.25) is 0 Å². The quantitative estimate of drug-likeness (QED) is 0.364. The molecule has 9 heteroatoms. The Morgan fingerprint density at radius 2 is 1.78 bits per heavy atom. The topological polar surface area (TPSA) is 136 Å². The Bertz CT molecular complexity index is 491. The fourth-order valence-corrected chi connectivity index (χ4v) is 1.99. The molecule has 1 aliphatic rings. The van der Waals surface area contributed by atoms with Gasteiger partial charge in [0.2, 0.25) is 17.7 Å². The summed E-state index contributed by atoms with van der Waals surface area (Å²) >= 11 is 0. The number of hydrogen-bond donors (Lipinski definition) is 4. The lowest BCUT2D eigenvalue weighted by atomic mass is 10.2. The number of aliphatic carboxylic acids is 1. The third-order valence-corrected chi connectivity index (χ3v) is 3.20. The number of carbonyl (C=O) groups is 4. The molecule has 3 amide bonds. The van der Waals surface area contributed by atoms with Crippen LogP contribution in [0.15, 0.2) is 12.2 Å². The number of nitrogens with zero attached hydrogens (tertiary/aromatic N) is 1. The molecule has 0 bridgehead atoms. The summed E-state index contributed by atoms with van der Waals surface area (Å²) in [5.74, 6) is -2.23. The highest BCUT2D eigenvalue weighted by molar-refractivity contribution is 5.90. The molecule has 128 valence electrons. The van der Waals surface area contributed by atoms with Gasteiger partial charge >= 0.3 is 5.97 Å². The van der Waals surface area contributed by atoms with Gasteiger partial charge in [0.05, 0.1) is 6.54 Å². The molecule has 0 aromatic rings. The largest absolute Gasteiger partial charge is 0.480 e. The average Bonchev–Trinajstić information content (AvgIpc) is 2.82. The Balaban J connectivity index is 2.03. The molecule has 0 aliphatic carbocycles. The Morgan fingerprint density at radius 3 is 2.39 bits per heavy atom. The summed E-state index contributed by atoms with van der Waals surface area (Å²) in [6.07, 6.45) is 4.08. The third-order valence-electron chi connectivity index (χ3n) is 3.20. The summed E-state index contributed by atoms with van der Waals surface area (Å²) in [5, 5.41) is 22.4. The van der Waals surface area contributed by atoms with Crippen LogP contribution in [-0.4, -0.2) is 64.7 Å². The Morgan fingerprint density at radius 1 is 1.09 bits per heavy atom. The van der Waals surface area contributed by atoms with E-state index in [0.29, 0.717) is 25.8 Å². The van der Waals surface area contributed by atoms with Crippen molar-refractivity contribution >= 4 is 23.7 Å². The highest BCUT2D eigenvalue weighted by atomic mass is 16.4. The minimum Gasteiger partial charge on any atom is -0.480 e. The summed E-state index contributed by atoms with van der Waals surface area (Å²) < 4.78 is 0. The number of nitrogens with one attached hydrogen (secondary N) is 2. The first kappa shape index (κ1) is 18.6. The van der Waals surface area contributed by atoms with E-state index in [2.05, 4.69) is 10.6 Å². The van der Waals surface area contributed by atoms with E-state index < -0.39 is 24.6 Å². The van der Waals surface area contributed by atoms with Crippen molar-refractivity contribution in [2.24, 2.45) is 0 Å². The summed E-state index contributed by atoms with van der Waals surface area (Å²) in [6.45, 7) is -0.316. The van der Waals surface area contributed by atoms with Gasteiger partial charge in [-0.1, -0.05) is 6.42 Å². The van der Waals surface area contributed by atoms with E-state index in [1.807, 2.05) is 0 Å². The smallest absolute Gasteiger partial charge is 0.322 e. The number of carbonyl (C=O) groups excluding carboxylic acids is 3. The second-order valence-electron chi connectivity index (χ2n) is 5.06. The highest BCUT2D eigenvalue weighted by Crippen LogP contribution is 2.10. The zero-order valence-electron chi connectivity index (χ0n) is 12.7. The van der Waals surface area contributed by atoms with Gasteiger partial charge in [0, 0.05) is 19.0 Å². The number of carboxylic acids is 1. The van der Waals surface area contributed by atoms with Crippen LogP contribution in [0.25, 0.3) is 0 Å². The van der Waals surface area contributed by atoms with Crippen LogP contribution in [-0.2, 0) is 19.2 Å². The van der Waals surface area contributed by atoms with Crippen LogP contribution in [0.3, 0.4) is 0 Å². The number of hydrogen-bond acceptors (Lipinski definition) is 5. The maximum atomic E-state index is 11.5. The molecule has 0 radical (unpaired) electrons. The van der Waals surface area contributed by atoms with E-state index in [-0.39, 0.29) is 24.8 Å². The lowest BCUT2D eigenvalue weighted by Gasteiger charge is -2.19. The first-order valence-electron chi connectivity index (χ1n) is 7.32. The SMILES string of the molecule is O=C(O)CNC(=O)CNC(=O)CCCCCN1C(=O)C=CC1O. The first-order valence-corrected chi connectivity index (χ1v) is 7.32. The standard InChI is InChI=1S/C14H21N3O6/c18-10(15-8-11(19)16-9-14(22)23)4-2-1-3-7-17-12(20)5-6-13(17)21/h5-6,12,20H,1-4,7-9H2,(H,15,18)(H,16,19)(H,22,23). The zero-order chi connectivity index (χ0) is 17.2. The molecule has 9 nitrogen and oxygen atoms in total. The van der Waals surface area contributed by atoms with E-state index in [4.69, 9.17) is 5.11 Å². The summed E-state index contributed by atoms with van der Waals surface area (Å²) in [7, 11) is 0. The van der Waals surface area contributed by atoms with E-state index in [1.54, 1.807) is 0 Å². The van der Waals surface area contributed by atoms with E-state index >= 15 is 0 Å². The molecule has 1 heterocycles. The Labute approximate surface area is 133 Å². The van der Waals surface area contributed by atoms with Crippen LogP contribution >= 0.6 is 0 Å². The van der Waals surface area contributed by atoms with Crippen LogP contribution in [0.4, 0.5) is 0 Å². The number of amides is 3. The van der Waals surface area contributed by atoms with Gasteiger partial charge in [-0.25, -0.2) is 0 Å². The number of aliphatic hydroxyl groups is 1. The maximum absolute atomic E-state index is 11.5. The molecule has 0 saturated carbocycles. The van der Waals surface area contributed by atoms with E-state index in [1.165, 1.54) is 17.1 Å². The van der Waals surface area contributed by atoms with Crippen molar-refractivity contribution in [3.63, 3.8) is 0 Å². The van der Waals surface area contributed by atoms with Gasteiger partial charge < -0.3 is 25.7 Å². The van der Waals surface area contributed by atoms with E-state index in [0.717, 1.165) is 0 Å². The van der Waals surface area contributed by atoms with Gasteiger partial charge in [-0.05, 0) is 18.9 Å². The lowest BCUT2D eigenvalue weighted by Crippen LogP contribution is -2.38. The number of rotatable bonds is 10. The Kier molecular flexibility index (Phi) is 7.75. The molecule has 1 atom stereocenters. The highest BCUT2D eigenvalue weighted by Gasteiger charge is 2.22. The van der Waals surface area contributed by atoms with Crippen molar-refractivity contribution in [2.75, 3.05) is 19.6 Å². The molecule has 4 N–H and O–H groups in total. The monoisotopic (exact) mass is 327 g/mol. The van der Waals surface area contributed by atoms with Gasteiger partial charge in [-0.3, -0.25) is 19.2 Å². The minimum atomic E-state index is -1.15. The van der Waals surface area contributed by atoms with Crippen LogP contribution < -0.4 is 10.6 Å². The molecule has 0 saturated heterocycles. The maximum Gasteiger partial charge on any atom is 0.322 e. The minimum absolute atomic E-state index is 0.220. The molecule has 1 aliphatic heterocycles. The molecule has 0 aromatic carbocycles.